The molecule has 0 aromatic carbocycles. The van der Waals surface area contributed by atoms with Gasteiger partial charge in [-0.15, -0.1) is 11.3 Å². The molecule has 3 atom stereocenters. The Hall–Kier alpha value is -0.450. The lowest BCUT2D eigenvalue weighted by Gasteiger charge is -2.33. The summed E-state index contributed by atoms with van der Waals surface area (Å²) in [5, 5.41) is 0. The average Bonchev–Trinajstić information content (AvgIpc) is 2.97. The first-order valence-electron chi connectivity index (χ1n) is 6.04. The summed E-state index contributed by atoms with van der Waals surface area (Å²) in [6.45, 7) is 3.09. The highest BCUT2D eigenvalue weighted by atomic mass is 32.1. The van der Waals surface area contributed by atoms with Crippen molar-refractivity contribution in [2.24, 2.45) is 11.7 Å². The fraction of sp³-hybridized carbons (Fsp3) is 0.750. The molecule has 16 heavy (non-hydrogen) atoms. The highest BCUT2D eigenvalue weighted by Crippen LogP contribution is 2.34. The standard InChI is InChI=1S/C12H21N3S/c1-9(12-7-14-8-16-12)15(2)11-5-3-4-10(11)6-13/h7-11H,3-6,13H2,1-2H3. The molecule has 1 aromatic rings. The molecule has 3 nitrogen and oxygen atoms in total. The zero-order valence-corrected chi connectivity index (χ0v) is 10.9. The molecule has 3 unspecified atom stereocenters. The molecule has 0 bridgehead atoms. The molecule has 0 saturated heterocycles. The van der Waals surface area contributed by atoms with Gasteiger partial charge < -0.3 is 5.73 Å². The maximum absolute atomic E-state index is 5.84. The molecule has 0 radical (unpaired) electrons. The quantitative estimate of drug-likeness (QED) is 0.876. The van der Waals surface area contributed by atoms with Crippen molar-refractivity contribution in [1.29, 1.82) is 0 Å². The van der Waals surface area contributed by atoms with Gasteiger partial charge in [0.05, 0.1) is 5.51 Å². The first-order valence-corrected chi connectivity index (χ1v) is 6.92. The van der Waals surface area contributed by atoms with E-state index in [2.05, 4.69) is 23.9 Å². The Morgan fingerprint density at radius 3 is 3.06 bits per heavy atom. The van der Waals surface area contributed by atoms with E-state index >= 15 is 0 Å². The third-order valence-electron chi connectivity index (χ3n) is 3.92. The van der Waals surface area contributed by atoms with Crippen molar-refractivity contribution in [3.8, 4) is 0 Å². The normalized spacial score (nSPS) is 27.5. The molecule has 1 saturated carbocycles. The van der Waals surface area contributed by atoms with E-state index in [4.69, 9.17) is 5.73 Å². The zero-order valence-electron chi connectivity index (χ0n) is 10.1. The third kappa shape index (κ3) is 2.29. The van der Waals surface area contributed by atoms with Crippen molar-refractivity contribution in [3.63, 3.8) is 0 Å². The summed E-state index contributed by atoms with van der Waals surface area (Å²) in [5.74, 6) is 0.681. The summed E-state index contributed by atoms with van der Waals surface area (Å²) in [7, 11) is 2.23. The monoisotopic (exact) mass is 239 g/mol. The first kappa shape index (κ1) is 12.0. The number of aromatic nitrogens is 1. The number of nitrogens with two attached hydrogens (primary N) is 1. The minimum Gasteiger partial charge on any atom is -0.330 e. The van der Waals surface area contributed by atoms with Gasteiger partial charge in [0.1, 0.15) is 0 Å². The Balaban J connectivity index is 2.04. The maximum atomic E-state index is 5.84. The molecule has 0 amide bonds. The van der Waals surface area contributed by atoms with Gasteiger partial charge in [-0.2, -0.15) is 0 Å². The van der Waals surface area contributed by atoms with Gasteiger partial charge in [-0.1, -0.05) is 6.42 Å². The van der Waals surface area contributed by atoms with E-state index in [-0.39, 0.29) is 0 Å². The molecular weight excluding hydrogens is 218 g/mol. The van der Waals surface area contributed by atoms with Crippen LogP contribution in [0.5, 0.6) is 0 Å². The molecule has 4 heteroatoms. The van der Waals surface area contributed by atoms with Crippen LogP contribution in [0.3, 0.4) is 0 Å². The van der Waals surface area contributed by atoms with E-state index < -0.39 is 0 Å². The Labute approximate surface area is 102 Å². The molecule has 2 N–H and O–H groups in total. The average molecular weight is 239 g/mol. The lowest BCUT2D eigenvalue weighted by Crippen LogP contribution is -2.38. The molecule has 2 rings (SSSR count). The van der Waals surface area contributed by atoms with Gasteiger partial charge in [-0.05, 0) is 39.3 Å². The fourth-order valence-corrected chi connectivity index (χ4v) is 3.48. The number of rotatable bonds is 4. The predicted molar refractivity (Wildman–Crippen MR) is 68.5 cm³/mol. The van der Waals surface area contributed by atoms with E-state index in [1.165, 1.54) is 24.1 Å². The van der Waals surface area contributed by atoms with Crippen LogP contribution in [0.1, 0.15) is 37.1 Å². The molecule has 1 fully saturated rings. The molecule has 1 heterocycles. The third-order valence-corrected chi connectivity index (χ3v) is 4.86. The zero-order chi connectivity index (χ0) is 11.5. The van der Waals surface area contributed by atoms with Gasteiger partial charge >= 0.3 is 0 Å². The van der Waals surface area contributed by atoms with Crippen LogP contribution in [-0.2, 0) is 0 Å². The number of nitrogens with zero attached hydrogens (tertiary/aromatic N) is 2. The van der Waals surface area contributed by atoms with Crippen LogP contribution in [0.2, 0.25) is 0 Å². The molecule has 0 aliphatic heterocycles. The number of hydrogen-bond donors (Lipinski definition) is 1. The van der Waals surface area contributed by atoms with Crippen LogP contribution in [0.4, 0.5) is 0 Å². The molecular formula is C12H21N3S. The van der Waals surface area contributed by atoms with Crippen molar-refractivity contribution in [2.45, 2.75) is 38.3 Å². The van der Waals surface area contributed by atoms with Crippen molar-refractivity contribution >= 4 is 11.3 Å². The maximum Gasteiger partial charge on any atom is 0.0794 e. The molecule has 0 spiro atoms. The highest BCUT2D eigenvalue weighted by molar-refractivity contribution is 7.09. The second-order valence-electron chi connectivity index (χ2n) is 4.74. The Morgan fingerprint density at radius 2 is 2.44 bits per heavy atom. The van der Waals surface area contributed by atoms with Crippen LogP contribution >= 0.6 is 11.3 Å². The SMILES string of the molecule is CC(c1cncs1)N(C)C1CCCC1CN. The summed E-state index contributed by atoms with van der Waals surface area (Å²) >= 11 is 1.74. The van der Waals surface area contributed by atoms with Gasteiger partial charge in [0.2, 0.25) is 0 Å². The lowest BCUT2D eigenvalue weighted by molar-refractivity contribution is 0.154. The van der Waals surface area contributed by atoms with E-state index in [0.29, 0.717) is 18.0 Å². The Morgan fingerprint density at radius 1 is 1.62 bits per heavy atom. The first-order chi connectivity index (χ1) is 7.74. The summed E-state index contributed by atoms with van der Waals surface area (Å²) in [6.07, 6.45) is 5.90. The summed E-state index contributed by atoms with van der Waals surface area (Å²) < 4.78 is 0. The summed E-state index contributed by atoms with van der Waals surface area (Å²) in [5.41, 5.74) is 7.76. The van der Waals surface area contributed by atoms with Gasteiger partial charge in [0.15, 0.2) is 0 Å². The molecule has 90 valence electrons. The summed E-state index contributed by atoms with van der Waals surface area (Å²) in [6, 6.07) is 1.12. The van der Waals surface area contributed by atoms with Gasteiger partial charge in [0, 0.05) is 23.2 Å². The second-order valence-corrected chi connectivity index (χ2v) is 5.66. The molecule has 1 aliphatic rings. The molecule has 1 aromatic heterocycles. The second kappa shape index (κ2) is 5.25. The van der Waals surface area contributed by atoms with Crippen LogP contribution in [0.25, 0.3) is 0 Å². The van der Waals surface area contributed by atoms with E-state index in [1.54, 1.807) is 11.3 Å². The molecule has 1 aliphatic carbocycles. The van der Waals surface area contributed by atoms with Gasteiger partial charge in [-0.3, -0.25) is 9.88 Å². The Bertz CT molecular complexity index is 312. The topological polar surface area (TPSA) is 42.2 Å². The van der Waals surface area contributed by atoms with Crippen molar-refractivity contribution in [1.82, 2.24) is 9.88 Å². The number of thiazole rings is 1. The van der Waals surface area contributed by atoms with E-state index in [1.807, 2.05) is 11.7 Å². The van der Waals surface area contributed by atoms with Crippen LogP contribution in [-0.4, -0.2) is 29.5 Å². The lowest BCUT2D eigenvalue weighted by atomic mass is 10.0. The van der Waals surface area contributed by atoms with E-state index in [0.717, 1.165) is 6.54 Å². The minimum absolute atomic E-state index is 0.463. The van der Waals surface area contributed by atoms with Crippen molar-refractivity contribution in [2.75, 3.05) is 13.6 Å². The van der Waals surface area contributed by atoms with Crippen LogP contribution in [0, 0.1) is 5.92 Å². The largest absolute Gasteiger partial charge is 0.330 e. The minimum atomic E-state index is 0.463. The van der Waals surface area contributed by atoms with Gasteiger partial charge in [-0.25, -0.2) is 0 Å². The predicted octanol–water partition coefficient (Wildman–Crippen LogP) is 2.26. The van der Waals surface area contributed by atoms with Gasteiger partial charge in [0.25, 0.3) is 0 Å². The van der Waals surface area contributed by atoms with Crippen molar-refractivity contribution in [3.05, 3.63) is 16.6 Å². The summed E-state index contributed by atoms with van der Waals surface area (Å²) in [4.78, 5) is 7.99. The van der Waals surface area contributed by atoms with Crippen LogP contribution in [0.15, 0.2) is 11.7 Å². The highest BCUT2D eigenvalue weighted by Gasteiger charge is 2.31. The van der Waals surface area contributed by atoms with Crippen molar-refractivity contribution < 1.29 is 0 Å². The van der Waals surface area contributed by atoms with E-state index in [9.17, 15) is 0 Å². The Kier molecular flexibility index (Phi) is 3.95. The fourth-order valence-electron chi connectivity index (χ4n) is 2.75. The smallest absolute Gasteiger partial charge is 0.0794 e. The number of hydrogen-bond acceptors (Lipinski definition) is 4. The van der Waals surface area contributed by atoms with Crippen LogP contribution < -0.4 is 5.73 Å².